The molecule has 3 heterocycles. The van der Waals surface area contributed by atoms with Gasteiger partial charge in [0.25, 0.3) is 5.91 Å². The van der Waals surface area contributed by atoms with Crippen molar-refractivity contribution >= 4 is 22.8 Å². The molecule has 0 saturated carbocycles. The number of aromatic nitrogens is 4. The number of nitrogens with one attached hydrogen (secondary N) is 1. The van der Waals surface area contributed by atoms with E-state index in [9.17, 15) is 4.79 Å². The van der Waals surface area contributed by atoms with E-state index in [1.807, 2.05) is 37.4 Å². The van der Waals surface area contributed by atoms with E-state index in [2.05, 4.69) is 25.3 Å². The minimum absolute atomic E-state index is 0.192. The Balaban J connectivity index is 1.63. The number of hydrogen-bond donors (Lipinski definition) is 1. The van der Waals surface area contributed by atoms with Crippen LogP contribution in [0.25, 0.3) is 11.0 Å². The van der Waals surface area contributed by atoms with Crippen molar-refractivity contribution in [2.75, 3.05) is 18.0 Å². The van der Waals surface area contributed by atoms with Gasteiger partial charge in [-0.25, -0.2) is 9.97 Å². The molecule has 0 aliphatic carbocycles. The number of benzene rings is 1. The van der Waals surface area contributed by atoms with Crippen LogP contribution in [0, 0.1) is 0 Å². The van der Waals surface area contributed by atoms with E-state index in [1.54, 1.807) is 10.9 Å². The molecule has 0 bridgehead atoms. The number of amides is 1. The molecule has 26 heavy (non-hydrogen) atoms. The van der Waals surface area contributed by atoms with Crippen molar-refractivity contribution in [2.24, 2.45) is 7.05 Å². The average Bonchev–Trinajstić information content (AvgIpc) is 3.08. The Morgan fingerprint density at radius 1 is 1.12 bits per heavy atom. The second-order valence-electron chi connectivity index (χ2n) is 6.59. The van der Waals surface area contributed by atoms with Crippen molar-refractivity contribution in [2.45, 2.75) is 25.8 Å². The molecule has 134 valence electrons. The summed E-state index contributed by atoms with van der Waals surface area (Å²) in [5, 5.41) is 8.11. The molecule has 4 rings (SSSR count). The molecule has 0 atom stereocenters. The predicted molar refractivity (Wildman–Crippen MR) is 100.0 cm³/mol. The number of fused-ring (bicyclic) bond motifs is 1. The third kappa shape index (κ3) is 3.24. The summed E-state index contributed by atoms with van der Waals surface area (Å²) in [6.45, 7) is 2.35. The van der Waals surface area contributed by atoms with Crippen molar-refractivity contribution in [1.29, 1.82) is 0 Å². The average molecular weight is 350 g/mol. The Morgan fingerprint density at radius 2 is 1.88 bits per heavy atom. The molecule has 0 unspecified atom stereocenters. The quantitative estimate of drug-likeness (QED) is 0.781. The molecule has 1 aliphatic heterocycles. The van der Waals surface area contributed by atoms with Gasteiger partial charge in [0.05, 0.1) is 11.6 Å². The molecule has 1 aromatic carbocycles. The second-order valence-corrected chi connectivity index (χ2v) is 6.59. The zero-order valence-electron chi connectivity index (χ0n) is 14.9. The third-order valence-electron chi connectivity index (χ3n) is 4.73. The first-order valence-electron chi connectivity index (χ1n) is 8.99. The molecule has 1 saturated heterocycles. The predicted octanol–water partition coefficient (Wildman–Crippen LogP) is 2.28. The Kier molecular flexibility index (Phi) is 4.51. The highest BCUT2D eigenvalue weighted by atomic mass is 16.2. The van der Waals surface area contributed by atoms with Gasteiger partial charge >= 0.3 is 0 Å². The number of carbonyl (C=O) groups is 1. The van der Waals surface area contributed by atoms with Gasteiger partial charge in [-0.2, -0.15) is 5.10 Å². The lowest BCUT2D eigenvalue weighted by Gasteiger charge is -2.28. The smallest absolute Gasteiger partial charge is 0.289 e. The Labute approximate surface area is 152 Å². The summed E-state index contributed by atoms with van der Waals surface area (Å²) in [5.74, 6) is 0.737. The van der Waals surface area contributed by atoms with Crippen molar-refractivity contribution < 1.29 is 4.79 Å². The maximum Gasteiger partial charge on any atom is 0.289 e. The monoisotopic (exact) mass is 350 g/mol. The minimum Gasteiger partial charge on any atom is -0.356 e. The highest BCUT2D eigenvalue weighted by Gasteiger charge is 2.21. The first-order valence-corrected chi connectivity index (χ1v) is 8.99. The van der Waals surface area contributed by atoms with Crippen LogP contribution in [0.3, 0.4) is 0 Å². The maximum absolute atomic E-state index is 12.6. The fraction of sp³-hybridized carbons (Fsp3) is 0.368. The van der Waals surface area contributed by atoms with Crippen LogP contribution in [-0.2, 0) is 13.6 Å². The number of carbonyl (C=O) groups excluding carboxylic acids is 1. The van der Waals surface area contributed by atoms with Crippen molar-refractivity contribution in [3.8, 4) is 0 Å². The van der Waals surface area contributed by atoms with Gasteiger partial charge in [-0.1, -0.05) is 30.3 Å². The summed E-state index contributed by atoms with van der Waals surface area (Å²) in [5.41, 5.74) is 1.73. The van der Waals surface area contributed by atoms with Crippen LogP contribution >= 0.6 is 0 Å². The van der Waals surface area contributed by atoms with Gasteiger partial charge in [0.1, 0.15) is 5.82 Å². The van der Waals surface area contributed by atoms with E-state index in [0.29, 0.717) is 12.2 Å². The van der Waals surface area contributed by atoms with Crippen LogP contribution in [0.4, 0.5) is 5.82 Å². The minimum atomic E-state index is -0.268. The van der Waals surface area contributed by atoms with Crippen LogP contribution in [0.1, 0.15) is 35.4 Å². The molecular weight excluding hydrogens is 328 g/mol. The Bertz CT molecular complexity index is 914. The van der Waals surface area contributed by atoms with Crippen LogP contribution in [0.2, 0.25) is 0 Å². The second kappa shape index (κ2) is 7.11. The molecule has 1 fully saturated rings. The lowest BCUT2D eigenvalue weighted by Crippen LogP contribution is -2.32. The molecule has 2 aromatic heterocycles. The summed E-state index contributed by atoms with van der Waals surface area (Å²) in [7, 11) is 1.83. The number of rotatable bonds is 4. The summed E-state index contributed by atoms with van der Waals surface area (Å²) in [6, 6.07) is 9.81. The molecule has 1 aliphatic rings. The third-order valence-corrected chi connectivity index (χ3v) is 4.73. The zero-order valence-corrected chi connectivity index (χ0v) is 14.9. The largest absolute Gasteiger partial charge is 0.356 e. The Hall–Kier alpha value is -2.96. The summed E-state index contributed by atoms with van der Waals surface area (Å²) in [6.07, 6.45) is 5.30. The summed E-state index contributed by atoms with van der Waals surface area (Å²) < 4.78 is 1.69. The van der Waals surface area contributed by atoms with Crippen LogP contribution in [0.5, 0.6) is 0 Å². The van der Waals surface area contributed by atoms with Crippen molar-refractivity contribution in [1.82, 2.24) is 25.1 Å². The number of piperidine rings is 1. The zero-order chi connectivity index (χ0) is 17.9. The van der Waals surface area contributed by atoms with Crippen LogP contribution in [-0.4, -0.2) is 38.7 Å². The van der Waals surface area contributed by atoms with Crippen molar-refractivity contribution in [3.05, 3.63) is 47.9 Å². The van der Waals surface area contributed by atoms with Gasteiger partial charge in [0.15, 0.2) is 5.65 Å². The fourth-order valence-corrected chi connectivity index (χ4v) is 3.31. The number of hydrogen-bond acceptors (Lipinski definition) is 5. The SMILES string of the molecule is Cn1ncc2c(N3CCCCC3)nc(C(=O)NCc3ccccc3)nc21. The summed E-state index contributed by atoms with van der Waals surface area (Å²) in [4.78, 5) is 23.9. The lowest BCUT2D eigenvalue weighted by molar-refractivity contribution is 0.0941. The number of anilines is 1. The molecule has 0 spiro atoms. The molecule has 0 radical (unpaired) electrons. The van der Waals surface area contributed by atoms with E-state index in [0.717, 1.165) is 42.7 Å². The number of nitrogens with zero attached hydrogens (tertiary/aromatic N) is 5. The molecular formula is C19H22N6O. The van der Waals surface area contributed by atoms with Gasteiger partial charge < -0.3 is 10.2 Å². The van der Waals surface area contributed by atoms with Crippen LogP contribution in [0.15, 0.2) is 36.5 Å². The maximum atomic E-state index is 12.6. The van der Waals surface area contributed by atoms with Gasteiger partial charge in [0, 0.05) is 26.7 Å². The normalized spacial score (nSPS) is 14.6. The molecule has 7 heteroatoms. The standard InChI is InChI=1S/C19H22N6O/c1-24-17-15(13-21-24)18(25-10-6-3-7-11-25)23-16(22-17)19(26)20-12-14-8-4-2-5-9-14/h2,4-5,8-9,13H,3,6-7,10-12H2,1H3,(H,20,26). The summed E-state index contributed by atoms with van der Waals surface area (Å²) >= 11 is 0. The first-order chi connectivity index (χ1) is 12.7. The van der Waals surface area contributed by atoms with E-state index < -0.39 is 0 Å². The molecule has 7 nitrogen and oxygen atoms in total. The molecule has 3 aromatic rings. The van der Waals surface area contributed by atoms with Gasteiger partial charge in [0.2, 0.25) is 5.82 Å². The van der Waals surface area contributed by atoms with Gasteiger partial charge in [-0.05, 0) is 24.8 Å². The van der Waals surface area contributed by atoms with Gasteiger partial charge in [-0.15, -0.1) is 0 Å². The first kappa shape index (κ1) is 16.5. The lowest BCUT2D eigenvalue weighted by atomic mass is 10.1. The molecule has 1 amide bonds. The van der Waals surface area contributed by atoms with E-state index in [4.69, 9.17) is 0 Å². The topological polar surface area (TPSA) is 75.9 Å². The van der Waals surface area contributed by atoms with Gasteiger partial charge in [-0.3, -0.25) is 9.48 Å². The van der Waals surface area contributed by atoms with Crippen LogP contribution < -0.4 is 10.2 Å². The highest BCUT2D eigenvalue weighted by Crippen LogP contribution is 2.26. The fourth-order valence-electron chi connectivity index (χ4n) is 3.31. The van der Waals surface area contributed by atoms with E-state index in [1.165, 1.54) is 6.42 Å². The number of aryl methyl sites for hydroxylation is 1. The Morgan fingerprint density at radius 3 is 2.65 bits per heavy atom. The molecule has 1 N–H and O–H groups in total. The van der Waals surface area contributed by atoms with Crippen molar-refractivity contribution in [3.63, 3.8) is 0 Å². The highest BCUT2D eigenvalue weighted by molar-refractivity contribution is 5.95. The van der Waals surface area contributed by atoms with E-state index in [-0.39, 0.29) is 11.7 Å². The van der Waals surface area contributed by atoms with E-state index >= 15 is 0 Å².